The highest BCUT2D eigenvalue weighted by Gasteiger charge is 2.13. The zero-order valence-electron chi connectivity index (χ0n) is 12.1. The lowest BCUT2D eigenvalue weighted by Crippen LogP contribution is -1.96. The molecule has 0 amide bonds. The van der Waals surface area contributed by atoms with Gasteiger partial charge in [0.25, 0.3) is 5.69 Å². The van der Waals surface area contributed by atoms with E-state index in [1.54, 1.807) is 13.0 Å². The largest absolute Gasteiger partial charge is 0.457 e. The number of nitrogens with zero attached hydrogens (tertiary/aromatic N) is 1. The average Bonchev–Trinajstić information content (AvgIpc) is 2.42. The summed E-state index contributed by atoms with van der Waals surface area (Å²) in [6, 6.07) is 10.5. The Labute approximate surface area is 132 Å². The molecule has 0 aliphatic heterocycles. The number of benzene rings is 2. The van der Waals surface area contributed by atoms with Gasteiger partial charge in [-0.15, -0.1) is 0 Å². The lowest BCUT2D eigenvalue weighted by molar-refractivity contribution is -0.384. The molecule has 0 spiro atoms. The summed E-state index contributed by atoms with van der Waals surface area (Å²) >= 11 is 3.46. The van der Waals surface area contributed by atoms with E-state index < -0.39 is 4.92 Å². The Kier molecular flexibility index (Phi) is 4.63. The summed E-state index contributed by atoms with van der Waals surface area (Å²) in [7, 11) is 0. The third-order valence-corrected chi connectivity index (χ3v) is 3.68. The standard InChI is InChI=1S/C16H16BrNO3/c1-10(2)14-9-12(17)4-6-16(14)21-15-7-5-13(18(19)20)8-11(15)3/h4-10H,1-3H3. The quantitative estimate of drug-likeness (QED) is 0.534. The number of rotatable bonds is 4. The van der Waals surface area contributed by atoms with Crippen molar-refractivity contribution in [3.63, 3.8) is 0 Å². The van der Waals surface area contributed by atoms with Crippen molar-refractivity contribution in [2.24, 2.45) is 0 Å². The molecule has 2 aromatic carbocycles. The Balaban J connectivity index is 2.36. The van der Waals surface area contributed by atoms with Crippen molar-refractivity contribution in [3.8, 4) is 11.5 Å². The molecule has 0 radical (unpaired) electrons. The van der Waals surface area contributed by atoms with Crippen LogP contribution in [-0.2, 0) is 0 Å². The fraction of sp³-hybridized carbons (Fsp3) is 0.250. The highest BCUT2D eigenvalue weighted by Crippen LogP contribution is 2.34. The first-order valence-electron chi connectivity index (χ1n) is 6.61. The number of aryl methyl sites for hydroxylation is 1. The predicted molar refractivity (Wildman–Crippen MR) is 86.1 cm³/mol. The van der Waals surface area contributed by atoms with Gasteiger partial charge in [0.2, 0.25) is 0 Å². The molecule has 0 saturated carbocycles. The first kappa shape index (κ1) is 15.5. The molecule has 0 atom stereocenters. The monoisotopic (exact) mass is 349 g/mol. The fourth-order valence-corrected chi connectivity index (χ4v) is 2.42. The second kappa shape index (κ2) is 6.26. The van der Waals surface area contributed by atoms with E-state index in [0.717, 1.165) is 21.3 Å². The van der Waals surface area contributed by atoms with Gasteiger partial charge in [-0.2, -0.15) is 0 Å². The second-order valence-corrected chi connectivity index (χ2v) is 6.06. The van der Waals surface area contributed by atoms with Crippen molar-refractivity contribution in [3.05, 3.63) is 62.1 Å². The van der Waals surface area contributed by atoms with Crippen LogP contribution < -0.4 is 4.74 Å². The topological polar surface area (TPSA) is 52.4 Å². The van der Waals surface area contributed by atoms with E-state index in [4.69, 9.17) is 4.74 Å². The van der Waals surface area contributed by atoms with Gasteiger partial charge in [-0.25, -0.2) is 0 Å². The van der Waals surface area contributed by atoms with Gasteiger partial charge in [-0.1, -0.05) is 29.8 Å². The predicted octanol–water partition coefficient (Wildman–Crippen LogP) is 5.58. The minimum absolute atomic E-state index is 0.0692. The second-order valence-electron chi connectivity index (χ2n) is 5.15. The molecule has 0 unspecified atom stereocenters. The summed E-state index contributed by atoms with van der Waals surface area (Å²) < 4.78 is 6.95. The summed E-state index contributed by atoms with van der Waals surface area (Å²) in [6.45, 7) is 5.99. The molecular weight excluding hydrogens is 334 g/mol. The average molecular weight is 350 g/mol. The van der Waals surface area contributed by atoms with Crippen LogP contribution in [0.4, 0.5) is 5.69 Å². The van der Waals surface area contributed by atoms with E-state index in [0.29, 0.717) is 11.7 Å². The number of non-ortho nitro benzene ring substituents is 1. The molecule has 110 valence electrons. The van der Waals surface area contributed by atoms with Gasteiger partial charge in [0.05, 0.1) is 4.92 Å². The molecule has 2 aromatic rings. The van der Waals surface area contributed by atoms with Crippen LogP contribution in [-0.4, -0.2) is 4.92 Å². The highest BCUT2D eigenvalue weighted by atomic mass is 79.9. The SMILES string of the molecule is Cc1cc([N+](=O)[O-])ccc1Oc1ccc(Br)cc1C(C)C. The van der Waals surface area contributed by atoms with Gasteiger partial charge in [-0.3, -0.25) is 10.1 Å². The summed E-state index contributed by atoms with van der Waals surface area (Å²) in [5, 5.41) is 10.8. The zero-order chi connectivity index (χ0) is 15.6. The molecule has 0 saturated heterocycles. The van der Waals surface area contributed by atoms with Crippen LogP contribution in [0.3, 0.4) is 0 Å². The van der Waals surface area contributed by atoms with Crippen LogP contribution in [0, 0.1) is 17.0 Å². The molecule has 21 heavy (non-hydrogen) atoms. The summed E-state index contributed by atoms with van der Waals surface area (Å²) in [4.78, 5) is 10.4. The van der Waals surface area contributed by atoms with Gasteiger partial charge >= 0.3 is 0 Å². The minimum atomic E-state index is -0.407. The van der Waals surface area contributed by atoms with Crippen LogP contribution in [0.15, 0.2) is 40.9 Å². The van der Waals surface area contributed by atoms with E-state index >= 15 is 0 Å². The fourth-order valence-electron chi connectivity index (χ4n) is 2.04. The van der Waals surface area contributed by atoms with Crippen molar-refractivity contribution >= 4 is 21.6 Å². The molecule has 0 bridgehead atoms. The van der Waals surface area contributed by atoms with E-state index in [2.05, 4.69) is 29.8 Å². The lowest BCUT2D eigenvalue weighted by Gasteiger charge is -2.15. The number of ether oxygens (including phenoxy) is 1. The van der Waals surface area contributed by atoms with Gasteiger partial charge in [0.15, 0.2) is 0 Å². The molecular formula is C16H16BrNO3. The van der Waals surface area contributed by atoms with Crippen LogP contribution in [0.2, 0.25) is 0 Å². The van der Waals surface area contributed by atoms with Gasteiger partial charge < -0.3 is 4.74 Å². The smallest absolute Gasteiger partial charge is 0.269 e. The van der Waals surface area contributed by atoms with Gasteiger partial charge in [0.1, 0.15) is 11.5 Å². The third-order valence-electron chi connectivity index (χ3n) is 3.18. The summed E-state index contributed by atoms with van der Waals surface area (Å²) in [5.41, 5.74) is 1.89. The maximum atomic E-state index is 10.8. The van der Waals surface area contributed by atoms with Crippen LogP contribution in [0.5, 0.6) is 11.5 Å². The van der Waals surface area contributed by atoms with E-state index in [1.807, 2.05) is 18.2 Å². The van der Waals surface area contributed by atoms with E-state index in [9.17, 15) is 10.1 Å². The maximum absolute atomic E-state index is 10.8. The summed E-state index contributed by atoms with van der Waals surface area (Å²) in [5.74, 6) is 1.71. The van der Waals surface area contributed by atoms with E-state index in [-0.39, 0.29) is 5.69 Å². The number of halogens is 1. The van der Waals surface area contributed by atoms with Crippen LogP contribution in [0.25, 0.3) is 0 Å². The molecule has 2 rings (SSSR count). The first-order chi connectivity index (χ1) is 9.88. The van der Waals surface area contributed by atoms with Crippen LogP contribution in [0.1, 0.15) is 30.9 Å². The Morgan fingerprint density at radius 1 is 1.14 bits per heavy atom. The molecule has 0 aliphatic rings. The number of hydrogen-bond acceptors (Lipinski definition) is 3. The highest BCUT2D eigenvalue weighted by molar-refractivity contribution is 9.10. The van der Waals surface area contributed by atoms with Crippen molar-refractivity contribution in [2.75, 3.05) is 0 Å². The molecule has 0 fully saturated rings. The van der Waals surface area contributed by atoms with Crippen molar-refractivity contribution < 1.29 is 9.66 Å². The Morgan fingerprint density at radius 2 is 1.81 bits per heavy atom. The molecule has 0 aliphatic carbocycles. The molecule has 0 heterocycles. The lowest BCUT2D eigenvalue weighted by atomic mass is 10.0. The Morgan fingerprint density at radius 3 is 2.38 bits per heavy atom. The van der Waals surface area contributed by atoms with Crippen LogP contribution >= 0.6 is 15.9 Å². The molecule has 5 heteroatoms. The first-order valence-corrected chi connectivity index (χ1v) is 7.40. The normalized spacial score (nSPS) is 10.7. The van der Waals surface area contributed by atoms with Crippen molar-refractivity contribution in [1.29, 1.82) is 0 Å². The maximum Gasteiger partial charge on any atom is 0.269 e. The third kappa shape index (κ3) is 3.61. The van der Waals surface area contributed by atoms with Gasteiger partial charge in [-0.05, 0) is 48.2 Å². The van der Waals surface area contributed by atoms with Gasteiger partial charge in [0, 0.05) is 16.6 Å². The molecule has 0 aromatic heterocycles. The Hall–Kier alpha value is -1.88. The number of nitro groups is 1. The minimum Gasteiger partial charge on any atom is -0.457 e. The summed E-state index contributed by atoms with van der Waals surface area (Å²) in [6.07, 6.45) is 0. The number of nitro benzene ring substituents is 1. The van der Waals surface area contributed by atoms with Crippen molar-refractivity contribution in [2.45, 2.75) is 26.7 Å². The Bertz CT molecular complexity index is 683. The zero-order valence-corrected chi connectivity index (χ0v) is 13.7. The van der Waals surface area contributed by atoms with Crippen molar-refractivity contribution in [1.82, 2.24) is 0 Å². The molecule has 0 N–H and O–H groups in total. The number of hydrogen-bond donors (Lipinski definition) is 0. The van der Waals surface area contributed by atoms with E-state index in [1.165, 1.54) is 12.1 Å². The molecule has 4 nitrogen and oxygen atoms in total.